The number of piperidine rings is 1. The number of nitrogens with one attached hydrogen (secondary N) is 1. The molecule has 0 radical (unpaired) electrons. The first-order valence-corrected chi connectivity index (χ1v) is 9.01. The van der Waals surface area contributed by atoms with E-state index in [1.807, 2.05) is 12.3 Å². The zero-order valence-electron chi connectivity index (χ0n) is 15.1. The number of fused-ring (bicyclic) bond motifs is 1. The predicted molar refractivity (Wildman–Crippen MR) is 101 cm³/mol. The molecule has 1 aliphatic rings. The molecule has 0 unspecified atom stereocenters. The summed E-state index contributed by atoms with van der Waals surface area (Å²) >= 11 is 0. The number of benzene rings is 1. The molecule has 1 fully saturated rings. The van der Waals surface area contributed by atoms with E-state index in [9.17, 15) is 9.50 Å². The first kappa shape index (κ1) is 17.8. The van der Waals surface area contributed by atoms with Crippen LogP contribution in [-0.2, 0) is 6.54 Å². The average Bonchev–Trinajstić information content (AvgIpc) is 3.05. The van der Waals surface area contributed by atoms with Crippen LogP contribution in [-0.4, -0.2) is 49.8 Å². The molecule has 7 nitrogen and oxygen atoms in total. The van der Waals surface area contributed by atoms with E-state index < -0.39 is 6.10 Å². The normalized spacial score (nSPS) is 20.9. The summed E-state index contributed by atoms with van der Waals surface area (Å²) in [5.74, 6) is 0.420. The number of halogens is 1. The van der Waals surface area contributed by atoms with Crippen LogP contribution in [0.3, 0.4) is 0 Å². The lowest BCUT2D eigenvalue weighted by Gasteiger charge is -2.33. The van der Waals surface area contributed by atoms with Gasteiger partial charge in [0.2, 0.25) is 0 Å². The topological polar surface area (TPSA) is 91.7 Å². The predicted octanol–water partition coefficient (Wildman–Crippen LogP) is 1.81. The Hall–Kier alpha value is -2.55. The minimum atomic E-state index is -0.510. The number of aliphatic hydroxyl groups excluding tert-OH is 1. The number of likely N-dealkylation sites (tertiary alicyclic amines) is 1. The van der Waals surface area contributed by atoms with Crippen molar-refractivity contribution in [3.8, 4) is 0 Å². The van der Waals surface area contributed by atoms with Gasteiger partial charge in [0.25, 0.3) is 0 Å². The van der Waals surface area contributed by atoms with Gasteiger partial charge in [-0.2, -0.15) is 5.10 Å². The fourth-order valence-corrected chi connectivity index (χ4v) is 3.50. The summed E-state index contributed by atoms with van der Waals surface area (Å²) < 4.78 is 15.3. The maximum absolute atomic E-state index is 13.5. The molecule has 1 aliphatic heterocycles. The van der Waals surface area contributed by atoms with E-state index >= 15 is 0 Å². The number of nitrogens with zero attached hydrogens (tertiary/aromatic N) is 4. The Morgan fingerprint density at radius 1 is 1.37 bits per heavy atom. The van der Waals surface area contributed by atoms with Crippen LogP contribution in [0.25, 0.3) is 5.52 Å². The molecule has 4 N–H and O–H groups in total. The molecular formula is C19H23FN6O. The Balaban J connectivity index is 1.62. The van der Waals surface area contributed by atoms with Crippen molar-refractivity contribution in [3.63, 3.8) is 0 Å². The van der Waals surface area contributed by atoms with E-state index in [0.717, 1.165) is 29.7 Å². The van der Waals surface area contributed by atoms with Crippen molar-refractivity contribution >= 4 is 17.0 Å². The fraction of sp³-hybridized carbons (Fsp3) is 0.368. The first-order valence-electron chi connectivity index (χ1n) is 9.01. The van der Waals surface area contributed by atoms with Gasteiger partial charge in [0.05, 0.1) is 6.10 Å². The molecule has 0 aliphatic carbocycles. The van der Waals surface area contributed by atoms with Gasteiger partial charge in [0.1, 0.15) is 17.7 Å². The van der Waals surface area contributed by atoms with Gasteiger partial charge in [0, 0.05) is 37.6 Å². The van der Waals surface area contributed by atoms with Crippen LogP contribution in [0.15, 0.2) is 36.8 Å². The summed E-state index contributed by atoms with van der Waals surface area (Å²) in [4.78, 5) is 6.57. The molecule has 1 saturated heterocycles. The van der Waals surface area contributed by atoms with E-state index in [2.05, 4.69) is 20.3 Å². The second kappa shape index (κ2) is 7.22. The first-order chi connectivity index (χ1) is 13.0. The molecule has 27 heavy (non-hydrogen) atoms. The molecule has 1 aromatic carbocycles. The van der Waals surface area contributed by atoms with Gasteiger partial charge in [-0.05, 0) is 48.7 Å². The van der Waals surface area contributed by atoms with Crippen LogP contribution in [0.4, 0.5) is 15.9 Å². The largest absolute Gasteiger partial charge is 0.390 e. The SMILES string of the molecule is Cc1cc(Nc2ncnn3ccc(CN4CC[C@@H](N)[C@@H](O)C4)c23)ccc1F. The van der Waals surface area contributed by atoms with E-state index in [1.165, 1.54) is 12.4 Å². The van der Waals surface area contributed by atoms with Crippen LogP contribution >= 0.6 is 0 Å². The van der Waals surface area contributed by atoms with Gasteiger partial charge in [0.15, 0.2) is 5.82 Å². The van der Waals surface area contributed by atoms with Crippen LogP contribution in [0.5, 0.6) is 0 Å². The van der Waals surface area contributed by atoms with Crippen LogP contribution in [0.1, 0.15) is 17.5 Å². The van der Waals surface area contributed by atoms with Gasteiger partial charge >= 0.3 is 0 Å². The monoisotopic (exact) mass is 370 g/mol. The number of anilines is 2. The van der Waals surface area contributed by atoms with Crippen molar-refractivity contribution in [2.24, 2.45) is 5.73 Å². The van der Waals surface area contributed by atoms with Crippen LogP contribution < -0.4 is 11.1 Å². The molecule has 8 heteroatoms. The van der Waals surface area contributed by atoms with Gasteiger partial charge in [-0.15, -0.1) is 0 Å². The lowest BCUT2D eigenvalue weighted by molar-refractivity contribution is 0.0501. The lowest BCUT2D eigenvalue weighted by atomic mass is 10.0. The third kappa shape index (κ3) is 3.64. The number of nitrogens with two attached hydrogens (primary N) is 1. The van der Waals surface area contributed by atoms with Crippen molar-refractivity contribution in [2.45, 2.75) is 32.0 Å². The minimum absolute atomic E-state index is 0.158. The number of aromatic nitrogens is 3. The van der Waals surface area contributed by atoms with Crippen LogP contribution in [0, 0.1) is 12.7 Å². The second-order valence-corrected chi connectivity index (χ2v) is 7.09. The fourth-order valence-electron chi connectivity index (χ4n) is 3.50. The number of rotatable bonds is 4. The second-order valence-electron chi connectivity index (χ2n) is 7.09. The van der Waals surface area contributed by atoms with Gasteiger partial charge in [-0.1, -0.05) is 0 Å². The van der Waals surface area contributed by atoms with Gasteiger partial charge < -0.3 is 16.2 Å². The van der Waals surface area contributed by atoms with Crippen molar-refractivity contribution in [2.75, 3.05) is 18.4 Å². The zero-order chi connectivity index (χ0) is 19.0. The molecule has 2 atom stereocenters. The number of hydrogen-bond acceptors (Lipinski definition) is 6. The van der Waals surface area contributed by atoms with E-state index in [1.54, 1.807) is 23.6 Å². The highest BCUT2D eigenvalue weighted by molar-refractivity contribution is 5.76. The summed E-state index contributed by atoms with van der Waals surface area (Å²) in [7, 11) is 0. The Morgan fingerprint density at radius 3 is 3.00 bits per heavy atom. The zero-order valence-corrected chi connectivity index (χ0v) is 15.1. The summed E-state index contributed by atoms with van der Waals surface area (Å²) in [6.07, 6.45) is 3.63. The van der Waals surface area contributed by atoms with Crippen molar-refractivity contribution in [1.29, 1.82) is 0 Å². The Bertz CT molecular complexity index is 959. The number of β-amino-alcohol motifs (C(OH)–C–C–N with tert-alkyl or cyclic N) is 1. The standard InChI is InChI=1S/C19H23FN6O/c1-12-8-14(2-3-15(12)20)24-19-18-13(4-7-26(18)23-11-22-19)9-25-6-5-16(21)17(27)10-25/h2-4,7-8,11,16-17,27H,5-6,9-10,21H2,1H3,(H,22,23,24)/t16-,17+/m1/s1. The molecule has 4 rings (SSSR count). The summed E-state index contributed by atoms with van der Waals surface area (Å²) in [5, 5.41) is 17.6. The molecule has 2 aromatic heterocycles. The summed E-state index contributed by atoms with van der Waals surface area (Å²) in [5.41, 5.74) is 9.15. The van der Waals surface area contributed by atoms with E-state index in [0.29, 0.717) is 24.5 Å². The quantitative estimate of drug-likeness (QED) is 0.649. The highest BCUT2D eigenvalue weighted by Gasteiger charge is 2.25. The molecule has 0 spiro atoms. The molecular weight excluding hydrogens is 347 g/mol. The Morgan fingerprint density at radius 2 is 2.22 bits per heavy atom. The van der Waals surface area contributed by atoms with Crippen molar-refractivity contribution in [3.05, 3.63) is 53.7 Å². The van der Waals surface area contributed by atoms with Gasteiger partial charge in [-0.25, -0.2) is 13.9 Å². The maximum atomic E-state index is 13.5. The Labute approximate surface area is 156 Å². The van der Waals surface area contributed by atoms with E-state index in [-0.39, 0.29) is 11.9 Å². The number of aryl methyl sites for hydroxylation is 1. The lowest BCUT2D eigenvalue weighted by Crippen LogP contribution is -2.50. The Kier molecular flexibility index (Phi) is 4.77. The number of aliphatic hydroxyl groups is 1. The molecule has 142 valence electrons. The molecule has 3 aromatic rings. The molecule has 3 heterocycles. The van der Waals surface area contributed by atoms with Crippen molar-refractivity contribution < 1.29 is 9.50 Å². The number of hydrogen-bond donors (Lipinski definition) is 3. The average molecular weight is 370 g/mol. The maximum Gasteiger partial charge on any atom is 0.158 e. The summed E-state index contributed by atoms with van der Waals surface area (Å²) in [6, 6.07) is 6.72. The molecule has 0 amide bonds. The van der Waals surface area contributed by atoms with Gasteiger partial charge in [-0.3, -0.25) is 4.90 Å². The third-order valence-corrected chi connectivity index (χ3v) is 5.07. The van der Waals surface area contributed by atoms with Crippen molar-refractivity contribution in [1.82, 2.24) is 19.5 Å². The minimum Gasteiger partial charge on any atom is -0.390 e. The van der Waals surface area contributed by atoms with E-state index in [4.69, 9.17) is 5.73 Å². The highest BCUT2D eigenvalue weighted by atomic mass is 19.1. The third-order valence-electron chi connectivity index (χ3n) is 5.07. The highest BCUT2D eigenvalue weighted by Crippen LogP contribution is 2.25. The molecule has 0 saturated carbocycles. The van der Waals surface area contributed by atoms with Crippen LogP contribution in [0.2, 0.25) is 0 Å². The summed E-state index contributed by atoms with van der Waals surface area (Å²) in [6.45, 7) is 3.78. The molecule has 0 bridgehead atoms. The smallest absolute Gasteiger partial charge is 0.158 e.